The van der Waals surface area contributed by atoms with Gasteiger partial charge in [-0.15, -0.1) is 24.0 Å². The van der Waals surface area contributed by atoms with Crippen molar-refractivity contribution in [3.63, 3.8) is 0 Å². The molecule has 0 amide bonds. The molecule has 0 atom stereocenters. The van der Waals surface area contributed by atoms with E-state index in [4.69, 9.17) is 30.5 Å². The van der Waals surface area contributed by atoms with Gasteiger partial charge in [-0.25, -0.2) is 0 Å². The van der Waals surface area contributed by atoms with Crippen LogP contribution in [0.25, 0.3) is 11.3 Å². The zero-order valence-corrected chi connectivity index (χ0v) is 20.0. The molecule has 0 aliphatic carbocycles. The van der Waals surface area contributed by atoms with Gasteiger partial charge in [-0.05, 0) is 53.6 Å². The van der Waals surface area contributed by atoms with Crippen LogP contribution in [0.5, 0.6) is 23.0 Å². The van der Waals surface area contributed by atoms with Gasteiger partial charge in [0, 0.05) is 11.3 Å². The monoisotopic (exact) mass is 475 g/mol. The first-order valence-corrected chi connectivity index (χ1v) is 10.2. The zero-order valence-electron chi connectivity index (χ0n) is 18.5. The average Bonchev–Trinajstić information content (AvgIpc) is 2.83. The Morgan fingerprint density at radius 3 is 1.69 bits per heavy atom. The molecule has 0 saturated carbocycles. The van der Waals surface area contributed by atoms with E-state index >= 15 is 0 Å². The molecule has 3 aromatic rings. The topological polar surface area (TPSA) is 49.0 Å². The predicted molar refractivity (Wildman–Crippen MR) is 134 cm³/mol. The Hall–Kier alpha value is -3.02. The first kappa shape index (κ1) is 25.2. The number of para-hydroxylation sites is 1. The molecule has 0 aliphatic heterocycles. The minimum atomic E-state index is 0. The van der Waals surface area contributed by atoms with E-state index < -0.39 is 0 Å². The fraction of sp³-hybridized carbons (Fsp3) is 0.200. The first-order valence-electron chi connectivity index (χ1n) is 9.71. The molecule has 170 valence electrons. The molecule has 0 bridgehead atoms. The van der Waals surface area contributed by atoms with Crippen LogP contribution in [0.15, 0.2) is 66.7 Å². The Morgan fingerprint density at radius 2 is 1.19 bits per heavy atom. The fourth-order valence-corrected chi connectivity index (χ4v) is 3.58. The minimum absolute atomic E-state index is 0. The number of rotatable bonds is 9. The van der Waals surface area contributed by atoms with Crippen LogP contribution in [0.1, 0.15) is 11.1 Å². The van der Waals surface area contributed by atoms with E-state index in [-0.39, 0.29) is 18.3 Å². The third kappa shape index (κ3) is 5.61. The SMILES string of the molecule is COc1ccc(/C(CCl)=C(\Nc2ccccc2)c2ccc(OC)c(OC)c2)cc1OC.Cl. The highest BCUT2D eigenvalue weighted by Gasteiger charge is 2.16. The smallest absolute Gasteiger partial charge is 0.161 e. The lowest BCUT2D eigenvalue weighted by Gasteiger charge is -2.19. The predicted octanol–water partition coefficient (Wildman–Crippen LogP) is 6.36. The molecule has 7 heteroatoms. The van der Waals surface area contributed by atoms with Crippen LogP contribution in [-0.2, 0) is 0 Å². The van der Waals surface area contributed by atoms with E-state index in [1.807, 2.05) is 66.7 Å². The van der Waals surface area contributed by atoms with E-state index in [1.54, 1.807) is 28.4 Å². The molecule has 0 unspecified atom stereocenters. The number of nitrogens with one attached hydrogen (secondary N) is 1. The van der Waals surface area contributed by atoms with E-state index in [2.05, 4.69) is 5.32 Å². The molecule has 0 fully saturated rings. The Morgan fingerprint density at radius 1 is 0.688 bits per heavy atom. The van der Waals surface area contributed by atoms with Crippen molar-refractivity contribution in [2.45, 2.75) is 0 Å². The normalized spacial score (nSPS) is 11.0. The highest BCUT2D eigenvalue weighted by molar-refractivity contribution is 6.25. The fourth-order valence-electron chi connectivity index (χ4n) is 3.29. The van der Waals surface area contributed by atoms with Gasteiger partial charge in [0.2, 0.25) is 0 Å². The van der Waals surface area contributed by atoms with Crippen molar-refractivity contribution in [1.29, 1.82) is 0 Å². The molecule has 0 aliphatic rings. The summed E-state index contributed by atoms with van der Waals surface area (Å²) in [7, 11) is 6.46. The van der Waals surface area contributed by atoms with Crippen LogP contribution in [-0.4, -0.2) is 34.3 Å². The van der Waals surface area contributed by atoms with Gasteiger partial charge in [-0.1, -0.05) is 24.3 Å². The molecule has 0 radical (unpaired) electrons. The highest BCUT2D eigenvalue weighted by atomic mass is 35.5. The molecular formula is C25H27Cl2NO4. The van der Waals surface area contributed by atoms with Crippen LogP contribution in [0.2, 0.25) is 0 Å². The summed E-state index contributed by atoms with van der Waals surface area (Å²) >= 11 is 6.49. The second-order valence-electron chi connectivity index (χ2n) is 6.62. The molecule has 5 nitrogen and oxygen atoms in total. The Labute approximate surface area is 200 Å². The van der Waals surface area contributed by atoms with Gasteiger partial charge in [-0.2, -0.15) is 0 Å². The lowest BCUT2D eigenvalue weighted by molar-refractivity contribution is 0.355. The van der Waals surface area contributed by atoms with Gasteiger partial charge < -0.3 is 24.3 Å². The van der Waals surface area contributed by atoms with Crippen molar-refractivity contribution in [3.8, 4) is 23.0 Å². The van der Waals surface area contributed by atoms with Crippen molar-refractivity contribution < 1.29 is 18.9 Å². The number of alkyl halides is 1. The van der Waals surface area contributed by atoms with Crippen molar-refractivity contribution in [1.82, 2.24) is 0 Å². The van der Waals surface area contributed by atoms with Crippen LogP contribution >= 0.6 is 24.0 Å². The van der Waals surface area contributed by atoms with Crippen LogP contribution in [0.3, 0.4) is 0 Å². The lowest BCUT2D eigenvalue weighted by atomic mass is 9.99. The Bertz CT molecular complexity index is 1060. The third-order valence-corrected chi connectivity index (χ3v) is 5.15. The van der Waals surface area contributed by atoms with Crippen molar-refractivity contribution in [2.75, 3.05) is 39.6 Å². The summed E-state index contributed by atoms with van der Waals surface area (Å²) in [6, 6.07) is 21.5. The average molecular weight is 476 g/mol. The maximum atomic E-state index is 6.49. The summed E-state index contributed by atoms with van der Waals surface area (Å²) in [5, 5.41) is 3.53. The Balaban J connectivity index is 0.00000363. The maximum Gasteiger partial charge on any atom is 0.161 e. The molecule has 0 heterocycles. The minimum Gasteiger partial charge on any atom is -0.493 e. The highest BCUT2D eigenvalue weighted by Crippen LogP contribution is 2.37. The second-order valence-corrected chi connectivity index (χ2v) is 6.88. The summed E-state index contributed by atoms with van der Waals surface area (Å²) in [6.07, 6.45) is 0. The number of allylic oxidation sites excluding steroid dienone is 1. The summed E-state index contributed by atoms with van der Waals surface area (Å²) in [5.41, 5.74) is 4.52. The first-order chi connectivity index (χ1) is 15.1. The third-order valence-electron chi connectivity index (χ3n) is 4.88. The molecule has 32 heavy (non-hydrogen) atoms. The van der Waals surface area contributed by atoms with Gasteiger partial charge in [0.15, 0.2) is 23.0 Å². The van der Waals surface area contributed by atoms with Crippen LogP contribution < -0.4 is 24.3 Å². The molecule has 0 aromatic heterocycles. The standard InChI is InChI=1S/C25H26ClNO4.ClH/c1-28-21-12-10-17(14-23(21)30-3)20(16-26)25(27-19-8-6-5-7-9-19)18-11-13-22(29-2)24(15-18)31-4;/h5-15,27H,16H2,1-4H3;1H/b25-20-;. The summed E-state index contributed by atoms with van der Waals surface area (Å²) in [6.45, 7) is 0. The molecular weight excluding hydrogens is 449 g/mol. The molecule has 1 N–H and O–H groups in total. The van der Waals surface area contributed by atoms with Crippen LogP contribution in [0.4, 0.5) is 5.69 Å². The number of ether oxygens (including phenoxy) is 4. The van der Waals surface area contributed by atoms with E-state index in [0.29, 0.717) is 23.0 Å². The maximum absolute atomic E-state index is 6.49. The second kappa shape index (κ2) is 12.1. The van der Waals surface area contributed by atoms with Gasteiger partial charge in [-0.3, -0.25) is 0 Å². The van der Waals surface area contributed by atoms with E-state index in [9.17, 15) is 0 Å². The van der Waals surface area contributed by atoms with Crippen LogP contribution in [0, 0.1) is 0 Å². The molecule has 3 aromatic carbocycles. The summed E-state index contributed by atoms with van der Waals surface area (Å²) in [4.78, 5) is 0. The van der Waals surface area contributed by atoms with Crippen molar-refractivity contribution in [3.05, 3.63) is 77.9 Å². The molecule has 0 spiro atoms. The van der Waals surface area contributed by atoms with Crippen molar-refractivity contribution in [2.24, 2.45) is 0 Å². The van der Waals surface area contributed by atoms with Gasteiger partial charge in [0.05, 0.1) is 40.0 Å². The number of halogens is 2. The van der Waals surface area contributed by atoms with E-state index in [1.165, 1.54) is 0 Å². The number of anilines is 1. The lowest BCUT2D eigenvalue weighted by Crippen LogP contribution is -2.05. The summed E-state index contributed by atoms with van der Waals surface area (Å²) < 4.78 is 21.8. The summed E-state index contributed by atoms with van der Waals surface area (Å²) in [5.74, 6) is 2.86. The number of methoxy groups -OCH3 is 4. The number of hydrogen-bond donors (Lipinski definition) is 1. The van der Waals surface area contributed by atoms with Gasteiger partial charge in [0.25, 0.3) is 0 Å². The quantitative estimate of drug-likeness (QED) is 0.288. The molecule has 0 saturated heterocycles. The zero-order chi connectivity index (χ0) is 22.2. The number of benzene rings is 3. The number of hydrogen-bond acceptors (Lipinski definition) is 5. The molecule has 3 rings (SSSR count). The Kier molecular flexibility index (Phi) is 9.57. The largest absolute Gasteiger partial charge is 0.493 e. The van der Waals surface area contributed by atoms with E-state index in [0.717, 1.165) is 28.1 Å². The van der Waals surface area contributed by atoms with Gasteiger partial charge >= 0.3 is 0 Å². The van der Waals surface area contributed by atoms with Gasteiger partial charge in [0.1, 0.15) is 0 Å². The van der Waals surface area contributed by atoms with Crippen molar-refractivity contribution >= 4 is 41.0 Å².